The molecule has 0 saturated heterocycles. The molecule has 0 aliphatic heterocycles. The zero-order valence-electron chi connectivity index (χ0n) is 11.6. The molecule has 2 N–H and O–H groups in total. The smallest absolute Gasteiger partial charge is 0.140 e. The Morgan fingerprint density at radius 3 is 2.68 bits per heavy atom. The molecule has 0 saturated carbocycles. The number of ether oxygens (including phenoxy) is 1. The molecule has 102 valence electrons. The lowest BCUT2D eigenvalue weighted by atomic mass is 10.0. The van der Waals surface area contributed by atoms with E-state index in [1.54, 1.807) is 0 Å². The molecule has 0 aliphatic rings. The standard InChI is InChI=1S/C15H20N2O2/c1-4-14(16)12-7-5-6-8-15(12)18-9-13-10(2)17-19-11(13)3/h5-8,14H,4,9,16H2,1-3H3/t14-/m0/s1. The summed E-state index contributed by atoms with van der Waals surface area (Å²) in [7, 11) is 0. The lowest BCUT2D eigenvalue weighted by molar-refractivity contribution is 0.296. The molecular weight excluding hydrogens is 240 g/mol. The molecule has 1 aromatic carbocycles. The van der Waals surface area contributed by atoms with Gasteiger partial charge in [0, 0.05) is 11.6 Å². The molecule has 0 radical (unpaired) electrons. The van der Waals surface area contributed by atoms with Crippen LogP contribution < -0.4 is 10.5 Å². The number of hydrogen-bond acceptors (Lipinski definition) is 4. The Morgan fingerprint density at radius 1 is 1.32 bits per heavy atom. The van der Waals surface area contributed by atoms with Gasteiger partial charge in [0.15, 0.2) is 0 Å². The molecule has 0 bridgehead atoms. The second-order valence-electron chi connectivity index (χ2n) is 4.64. The first-order valence-electron chi connectivity index (χ1n) is 6.52. The van der Waals surface area contributed by atoms with Crippen LogP contribution in [-0.2, 0) is 6.61 Å². The predicted molar refractivity (Wildman–Crippen MR) is 74.0 cm³/mol. The highest BCUT2D eigenvalue weighted by atomic mass is 16.5. The van der Waals surface area contributed by atoms with Gasteiger partial charge in [-0.3, -0.25) is 0 Å². The van der Waals surface area contributed by atoms with E-state index in [0.29, 0.717) is 6.61 Å². The number of rotatable bonds is 5. The Bertz CT molecular complexity index is 529. The lowest BCUT2D eigenvalue weighted by Gasteiger charge is -2.15. The average Bonchev–Trinajstić information content (AvgIpc) is 2.75. The van der Waals surface area contributed by atoms with E-state index in [0.717, 1.165) is 34.8 Å². The maximum atomic E-state index is 6.09. The maximum Gasteiger partial charge on any atom is 0.140 e. The van der Waals surface area contributed by atoms with Gasteiger partial charge in [0.2, 0.25) is 0 Å². The monoisotopic (exact) mass is 260 g/mol. The molecule has 0 fully saturated rings. The normalized spacial score (nSPS) is 12.4. The third-order valence-corrected chi connectivity index (χ3v) is 3.31. The molecule has 2 rings (SSSR count). The van der Waals surface area contributed by atoms with Gasteiger partial charge < -0.3 is 15.0 Å². The summed E-state index contributed by atoms with van der Waals surface area (Å²) < 4.78 is 11.0. The molecule has 4 heteroatoms. The van der Waals surface area contributed by atoms with Gasteiger partial charge in [-0.2, -0.15) is 0 Å². The number of aromatic nitrogens is 1. The van der Waals surface area contributed by atoms with Crippen LogP contribution in [-0.4, -0.2) is 5.16 Å². The van der Waals surface area contributed by atoms with Crippen LogP contribution in [0.2, 0.25) is 0 Å². The molecule has 2 aromatic rings. The minimum Gasteiger partial charge on any atom is -0.488 e. The van der Waals surface area contributed by atoms with Gasteiger partial charge >= 0.3 is 0 Å². The first-order chi connectivity index (χ1) is 9.13. The molecule has 1 aromatic heterocycles. The zero-order chi connectivity index (χ0) is 13.8. The number of nitrogens with zero attached hydrogens (tertiary/aromatic N) is 1. The van der Waals surface area contributed by atoms with Crippen molar-refractivity contribution >= 4 is 0 Å². The van der Waals surface area contributed by atoms with Gasteiger partial charge in [-0.15, -0.1) is 0 Å². The first kappa shape index (κ1) is 13.6. The van der Waals surface area contributed by atoms with Gasteiger partial charge in [-0.05, 0) is 26.3 Å². The molecule has 1 heterocycles. The summed E-state index contributed by atoms with van der Waals surface area (Å²) in [5.41, 5.74) is 9.00. The van der Waals surface area contributed by atoms with Crippen molar-refractivity contribution in [2.45, 2.75) is 39.8 Å². The quantitative estimate of drug-likeness (QED) is 0.896. The second kappa shape index (κ2) is 5.89. The van der Waals surface area contributed by atoms with Crippen LogP contribution in [0.1, 0.15) is 42.0 Å². The highest BCUT2D eigenvalue weighted by Gasteiger charge is 2.13. The summed E-state index contributed by atoms with van der Waals surface area (Å²) in [6.07, 6.45) is 0.881. The number of para-hydroxylation sites is 1. The van der Waals surface area contributed by atoms with Crippen molar-refractivity contribution in [3.63, 3.8) is 0 Å². The number of aryl methyl sites for hydroxylation is 2. The molecule has 0 spiro atoms. The fraction of sp³-hybridized carbons (Fsp3) is 0.400. The van der Waals surface area contributed by atoms with Crippen molar-refractivity contribution in [2.75, 3.05) is 0 Å². The number of nitrogens with two attached hydrogens (primary N) is 1. The summed E-state index contributed by atoms with van der Waals surface area (Å²) in [6.45, 7) is 6.33. The number of hydrogen-bond donors (Lipinski definition) is 1. The van der Waals surface area contributed by atoms with Gasteiger partial charge in [0.1, 0.15) is 18.1 Å². The fourth-order valence-electron chi connectivity index (χ4n) is 2.00. The summed E-state index contributed by atoms with van der Waals surface area (Å²) in [4.78, 5) is 0. The van der Waals surface area contributed by atoms with Crippen LogP contribution in [0.5, 0.6) is 5.75 Å². The van der Waals surface area contributed by atoms with Crippen molar-refractivity contribution in [1.29, 1.82) is 0 Å². The molecule has 0 unspecified atom stereocenters. The van der Waals surface area contributed by atoms with Crippen molar-refractivity contribution < 1.29 is 9.26 Å². The Balaban J connectivity index is 2.16. The van der Waals surface area contributed by atoms with Crippen LogP contribution in [0, 0.1) is 13.8 Å². The van der Waals surface area contributed by atoms with E-state index in [2.05, 4.69) is 12.1 Å². The van der Waals surface area contributed by atoms with E-state index in [-0.39, 0.29) is 6.04 Å². The third-order valence-electron chi connectivity index (χ3n) is 3.31. The van der Waals surface area contributed by atoms with Crippen molar-refractivity contribution in [2.24, 2.45) is 5.73 Å². The van der Waals surface area contributed by atoms with Crippen LogP contribution in [0.3, 0.4) is 0 Å². The van der Waals surface area contributed by atoms with E-state index in [1.165, 1.54) is 0 Å². The van der Waals surface area contributed by atoms with E-state index >= 15 is 0 Å². The highest BCUT2D eigenvalue weighted by Crippen LogP contribution is 2.26. The highest BCUT2D eigenvalue weighted by molar-refractivity contribution is 5.36. The molecule has 1 atom stereocenters. The predicted octanol–water partition coefficient (Wildman–Crippen LogP) is 3.28. The minimum absolute atomic E-state index is 0.000804. The van der Waals surface area contributed by atoms with Gasteiger partial charge in [-0.25, -0.2) is 0 Å². The van der Waals surface area contributed by atoms with Crippen LogP contribution in [0.25, 0.3) is 0 Å². The van der Waals surface area contributed by atoms with Gasteiger partial charge in [-0.1, -0.05) is 30.3 Å². The topological polar surface area (TPSA) is 61.3 Å². The van der Waals surface area contributed by atoms with Crippen LogP contribution >= 0.6 is 0 Å². The molecule has 0 aliphatic carbocycles. The number of benzene rings is 1. The SMILES string of the molecule is CC[C@H](N)c1ccccc1OCc1c(C)noc1C. The summed E-state index contributed by atoms with van der Waals surface area (Å²) in [5, 5.41) is 3.92. The average molecular weight is 260 g/mol. The molecule has 0 amide bonds. The first-order valence-corrected chi connectivity index (χ1v) is 6.52. The zero-order valence-corrected chi connectivity index (χ0v) is 11.6. The Labute approximate surface area is 113 Å². The maximum absolute atomic E-state index is 6.09. The van der Waals surface area contributed by atoms with Crippen molar-refractivity contribution in [1.82, 2.24) is 5.16 Å². The van der Waals surface area contributed by atoms with Gasteiger partial charge in [0.05, 0.1) is 11.3 Å². The lowest BCUT2D eigenvalue weighted by Crippen LogP contribution is -2.11. The fourth-order valence-corrected chi connectivity index (χ4v) is 2.00. The molecule has 4 nitrogen and oxygen atoms in total. The summed E-state index contributed by atoms with van der Waals surface area (Å²) in [5.74, 6) is 1.63. The van der Waals surface area contributed by atoms with Crippen molar-refractivity contribution in [3.8, 4) is 5.75 Å². The molecule has 19 heavy (non-hydrogen) atoms. The van der Waals surface area contributed by atoms with E-state index in [4.69, 9.17) is 15.0 Å². The van der Waals surface area contributed by atoms with E-state index in [1.807, 2.05) is 38.1 Å². The van der Waals surface area contributed by atoms with Crippen LogP contribution in [0.15, 0.2) is 28.8 Å². The summed E-state index contributed by atoms with van der Waals surface area (Å²) in [6, 6.07) is 7.89. The van der Waals surface area contributed by atoms with Gasteiger partial charge in [0.25, 0.3) is 0 Å². The molecular formula is C15H20N2O2. The van der Waals surface area contributed by atoms with E-state index in [9.17, 15) is 0 Å². The summed E-state index contributed by atoms with van der Waals surface area (Å²) >= 11 is 0. The van der Waals surface area contributed by atoms with Crippen molar-refractivity contribution in [3.05, 3.63) is 46.8 Å². The Hall–Kier alpha value is -1.81. The third kappa shape index (κ3) is 2.96. The van der Waals surface area contributed by atoms with E-state index < -0.39 is 0 Å². The van der Waals surface area contributed by atoms with Crippen LogP contribution in [0.4, 0.5) is 0 Å². The second-order valence-corrected chi connectivity index (χ2v) is 4.64. The Kier molecular flexibility index (Phi) is 4.22. The Morgan fingerprint density at radius 2 is 2.05 bits per heavy atom. The minimum atomic E-state index is 0.000804. The largest absolute Gasteiger partial charge is 0.488 e.